The van der Waals surface area contributed by atoms with E-state index in [0.717, 1.165) is 33.8 Å². The van der Waals surface area contributed by atoms with Gasteiger partial charge in [-0.25, -0.2) is 4.79 Å². The van der Waals surface area contributed by atoms with Crippen LogP contribution < -0.4 is 5.32 Å². The van der Waals surface area contributed by atoms with E-state index in [9.17, 15) is 9.59 Å². The molecule has 4 rings (SSSR count). The Labute approximate surface area is 181 Å². The first-order valence-electron chi connectivity index (χ1n) is 9.97. The lowest BCUT2D eigenvalue weighted by Gasteiger charge is -2.12. The number of nitrogens with one attached hydrogen (secondary N) is 1. The predicted octanol–water partition coefficient (Wildman–Crippen LogP) is 4.37. The van der Waals surface area contributed by atoms with Crippen LogP contribution in [0, 0.1) is 32.1 Å². The monoisotopic (exact) mass is 410 g/mol. The van der Waals surface area contributed by atoms with Gasteiger partial charge in [-0.2, -0.15) is 5.26 Å². The smallest absolute Gasteiger partial charge is 0.318 e. The fraction of sp³-hybridized carbons (Fsp3) is 0.160. The van der Waals surface area contributed by atoms with Crippen LogP contribution in [0.3, 0.4) is 0 Å². The number of carbonyl (C=O) groups is 2. The number of hydrogen-bond donors (Lipinski definition) is 1. The van der Waals surface area contributed by atoms with E-state index in [1.165, 1.54) is 4.90 Å². The number of aryl methyl sites for hydroxylation is 2. The highest BCUT2D eigenvalue weighted by atomic mass is 16.2. The quantitative estimate of drug-likeness (QED) is 0.513. The molecule has 0 unspecified atom stereocenters. The van der Waals surface area contributed by atoms with E-state index in [2.05, 4.69) is 16.0 Å². The number of aromatic nitrogens is 1. The van der Waals surface area contributed by atoms with Crippen molar-refractivity contribution in [3.63, 3.8) is 0 Å². The summed E-state index contributed by atoms with van der Waals surface area (Å²) in [5, 5.41) is 11.7. The Bertz CT molecular complexity index is 1260. The zero-order valence-corrected chi connectivity index (χ0v) is 17.6. The average molecular weight is 410 g/mol. The zero-order chi connectivity index (χ0) is 22.1. The van der Waals surface area contributed by atoms with Gasteiger partial charge in [-0.05, 0) is 68.3 Å². The SMILES string of the molecule is Cc1cccc(CN2C(=O)NC(=Cc3cc(C)n(-c4ccc(C#N)cc4)c3C)C2=O)c1. The number of nitriles is 1. The Morgan fingerprint density at radius 3 is 2.45 bits per heavy atom. The summed E-state index contributed by atoms with van der Waals surface area (Å²) in [5.74, 6) is -0.338. The molecule has 0 atom stereocenters. The van der Waals surface area contributed by atoms with Crippen molar-refractivity contribution >= 4 is 18.0 Å². The van der Waals surface area contributed by atoms with Crippen molar-refractivity contribution in [2.45, 2.75) is 27.3 Å². The van der Waals surface area contributed by atoms with Crippen LogP contribution in [0.5, 0.6) is 0 Å². The Kier molecular flexibility index (Phi) is 5.18. The Morgan fingerprint density at radius 1 is 1.03 bits per heavy atom. The molecule has 31 heavy (non-hydrogen) atoms. The number of carbonyl (C=O) groups excluding carboxylic acids is 2. The normalized spacial score (nSPS) is 14.8. The van der Waals surface area contributed by atoms with Gasteiger partial charge in [0.2, 0.25) is 0 Å². The standard InChI is InChI=1S/C25H22N4O2/c1-16-5-4-6-20(11-16)15-28-24(30)23(27-25(28)31)13-21-12-17(2)29(18(21)3)22-9-7-19(14-26)8-10-22/h4-13H,15H2,1-3H3,(H,27,31). The lowest BCUT2D eigenvalue weighted by molar-refractivity contribution is -0.123. The molecule has 0 saturated carbocycles. The predicted molar refractivity (Wildman–Crippen MR) is 118 cm³/mol. The fourth-order valence-corrected chi connectivity index (χ4v) is 3.88. The summed E-state index contributed by atoms with van der Waals surface area (Å²) in [6.45, 7) is 6.15. The molecule has 1 aromatic heterocycles. The third-order valence-corrected chi connectivity index (χ3v) is 5.41. The highest BCUT2D eigenvalue weighted by Crippen LogP contribution is 2.24. The van der Waals surface area contributed by atoms with Gasteiger partial charge >= 0.3 is 6.03 Å². The molecular formula is C25H22N4O2. The van der Waals surface area contributed by atoms with Crippen molar-refractivity contribution in [3.8, 4) is 11.8 Å². The first kappa shape index (κ1) is 20.2. The van der Waals surface area contributed by atoms with Crippen molar-refractivity contribution in [2.75, 3.05) is 0 Å². The Hall–Kier alpha value is -4.11. The van der Waals surface area contributed by atoms with E-state index in [0.29, 0.717) is 5.56 Å². The number of amides is 3. The molecule has 0 aliphatic carbocycles. The third-order valence-electron chi connectivity index (χ3n) is 5.41. The highest BCUT2D eigenvalue weighted by molar-refractivity contribution is 6.14. The summed E-state index contributed by atoms with van der Waals surface area (Å²) in [4.78, 5) is 26.5. The minimum atomic E-state index is -0.418. The maximum absolute atomic E-state index is 12.9. The topological polar surface area (TPSA) is 78.1 Å². The van der Waals surface area contributed by atoms with Gasteiger partial charge in [0.1, 0.15) is 5.70 Å². The van der Waals surface area contributed by atoms with Gasteiger partial charge in [0.05, 0.1) is 18.2 Å². The van der Waals surface area contributed by atoms with Gasteiger partial charge in [0.15, 0.2) is 0 Å². The van der Waals surface area contributed by atoms with Gasteiger partial charge in [0.25, 0.3) is 5.91 Å². The van der Waals surface area contributed by atoms with Crippen LogP contribution in [0.25, 0.3) is 11.8 Å². The number of imide groups is 1. The summed E-state index contributed by atoms with van der Waals surface area (Å²) < 4.78 is 2.05. The second-order valence-electron chi connectivity index (χ2n) is 7.69. The Morgan fingerprint density at radius 2 is 1.77 bits per heavy atom. The molecule has 1 aliphatic rings. The van der Waals surface area contributed by atoms with E-state index in [4.69, 9.17) is 5.26 Å². The molecule has 0 radical (unpaired) electrons. The van der Waals surface area contributed by atoms with Crippen molar-refractivity contribution in [1.29, 1.82) is 5.26 Å². The summed E-state index contributed by atoms with van der Waals surface area (Å²) >= 11 is 0. The molecule has 3 aromatic rings. The summed E-state index contributed by atoms with van der Waals surface area (Å²) in [5.41, 5.74) is 6.55. The second kappa shape index (κ2) is 7.96. The molecule has 1 fully saturated rings. The van der Waals surface area contributed by atoms with Crippen LogP contribution in [0.1, 0.15) is 33.6 Å². The van der Waals surface area contributed by atoms with Gasteiger partial charge in [-0.3, -0.25) is 9.69 Å². The van der Waals surface area contributed by atoms with E-state index in [1.54, 1.807) is 18.2 Å². The van der Waals surface area contributed by atoms with Gasteiger partial charge < -0.3 is 9.88 Å². The highest BCUT2D eigenvalue weighted by Gasteiger charge is 2.33. The van der Waals surface area contributed by atoms with Crippen LogP contribution in [-0.2, 0) is 11.3 Å². The first-order valence-corrected chi connectivity index (χ1v) is 9.97. The summed E-state index contributed by atoms with van der Waals surface area (Å²) in [6, 6.07) is 18.8. The van der Waals surface area contributed by atoms with Crippen LogP contribution in [0.4, 0.5) is 4.79 Å². The molecule has 1 aliphatic heterocycles. The molecule has 0 bridgehead atoms. The first-order chi connectivity index (χ1) is 14.9. The molecule has 6 heteroatoms. The maximum Gasteiger partial charge on any atom is 0.329 e. The van der Waals surface area contributed by atoms with E-state index in [-0.39, 0.29) is 18.1 Å². The Balaban J connectivity index is 1.62. The van der Waals surface area contributed by atoms with E-state index >= 15 is 0 Å². The minimum Gasteiger partial charge on any atom is -0.318 e. The number of nitrogens with zero attached hydrogens (tertiary/aromatic N) is 3. The van der Waals surface area contributed by atoms with Crippen molar-refractivity contribution in [3.05, 3.63) is 93.9 Å². The fourth-order valence-electron chi connectivity index (χ4n) is 3.88. The minimum absolute atomic E-state index is 0.230. The maximum atomic E-state index is 12.9. The van der Waals surface area contributed by atoms with E-state index in [1.807, 2.05) is 63.2 Å². The van der Waals surface area contributed by atoms with Gasteiger partial charge in [-0.15, -0.1) is 0 Å². The number of urea groups is 1. The molecule has 154 valence electrons. The van der Waals surface area contributed by atoms with Crippen LogP contribution in [-0.4, -0.2) is 21.4 Å². The van der Waals surface area contributed by atoms with Crippen molar-refractivity contribution in [2.24, 2.45) is 0 Å². The number of hydrogen-bond acceptors (Lipinski definition) is 3. The molecule has 3 amide bonds. The van der Waals surface area contributed by atoms with Gasteiger partial charge in [-0.1, -0.05) is 29.8 Å². The summed E-state index contributed by atoms with van der Waals surface area (Å²) in [7, 11) is 0. The molecule has 1 N–H and O–H groups in total. The number of rotatable bonds is 4. The lowest BCUT2D eigenvalue weighted by atomic mass is 10.1. The summed E-state index contributed by atoms with van der Waals surface area (Å²) in [6.07, 6.45) is 1.72. The van der Waals surface area contributed by atoms with Crippen molar-refractivity contribution < 1.29 is 9.59 Å². The molecule has 2 heterocycles. The zero-order valence-electron chi connectivity index (χ0n) is 17.6. The number of benzene rings is 2. The second-order valence-corrected chi connectivity index (χ2v) is 7.69. The van der Waals surface area contributed by atoms with Gasteiger partial charge in [0, 0.05) is 17.1 Å². The molecule has 0 spiro atoms. The molecule has 2 aromatic carbocycles. The van der Waals surface area contributed by atoms with Crippen LogP contribution in [0.15, 0.2) is 60.3 Å². The molecular weight excluding hydrogens is 388 g/mol. The lowest BCUT2D eigenvalue weighted by Crippen LogP contribution is -2.30. The largest absolute Gasteiger partial charge is 0.329 e. The third kappa shape index (κ3) is 3.86. The molecule has 1 saturated heterocycles. The van der Waals surface area contributed by atoms with E-state index < -0.39 is 6.03 Å². The molecule has 6 nitrogen and oxygen atoms in total. The van der Waals surface area contributed by atoms with Crippen molar-refractivity contribution in [1.82, 2.24) is 14.8 Å². The average Bonchev–Trinajstić information content (AvgIpc) is 3.17. The van der Waals surface area contributed by atoms with Crippen LogP contribution in [0.2, 0.25) is 0 Å². The van der Waals surface area contributed by atoms with Crippen LogP contribution >= 0.6 is 0 Å².